The van der Waals surface area contributed by atoms with E-state index >= 15 is 0 Å². The summed E-state index contributed by atoms with van der Waals surface area (Å²) in [6.45, 7) is 0. The van der Waals surface area contributed by atoms with Gasteiger partial charge in [-0.2, -0.15) is 0 Å². The monoisotopic (exact) mass is 420 g/mol. The average molecular weight is 419 g/mol. The van der Waals surface area contributed by atoms with Crippen molar-refractivity contribution in [2.75, 3.05) is 0 Å². The third-order valence-corrected chi connectivity index (χ3v) is 0. The van der Waals surface area contributed by atoms with E-state index in [9.17, 15) is 0 Å². The van der Waals surface area contributed by atoms with Gasteiger partial charge in [0, 0.05) is 0 Å². The SMILES string of the molecule is [Co+2].[In+3].[In+3].[In+3].[O-2]. The molecule has 0 rings (SSSR count). The van der Waals surface area contributed by atoms with Gasteiger partial charge in [0.15, 0.2) is 0 Å². The van der Waals surface area contributed by atoms with Gasteiger partial charge in [-0.1, -0.05) is 0 Å². The van der Waals surface area contributed by atoms with Crippen molar-refractivity contribution >= 4 is 77.5 Å². The molecule has 0 saturated heterocycles. The van der Waals surface area contributed by atoms with Crippen LogP contribution in [0.4, 0.5) is 0 Å². The van der Waals surface area contributed by atoms with Gasteiger partial charge in [-0.15, -0.1) is 0 Å². The summed E-state index contributed by atoms with van der Waals surface area (Å²) in [5.41, 5.74) is 0. The summed E-state index contributed by atoms with van der Waals surface area (Å²) in [7, 11) is 0. The maximum Gasteiger partial charge on any atom is 3.00 e. The maximum absolute atomic E-state index is 0. The number of hydrogen-bond donors (Lipinski definition) is 0. The first-order chi connectivity index (χ1) is 0. The van der Waals surface area contributed by atoms with Crippen molar-refractivity contribution in [1.29, 1.82) is 0 Å². The minimum atomic E-state index is 0. The molecule has 0 aromatic rings. The zero-order valence-electron chi connectivity index (χ0n) is 2.47. The molecule has 5 heteroatoms. The van der Waals surface area contributed by atoms with Crippen LogP contribution in [0.15, 0.2) is 0 Å². The van der Waals surface area contributed by atoms with Crippen molar-refractivity contribution in [2.24, 2.45) is 0 Å². The van der Waals surface area contributed by atoms with Crippen LogP contribution in [0, 0.1) is 0 Å². The second-order valence-electron chi connectivity index (χ2n) is 0. The van der Waals surface area contributed by atoms with E-state index in [0.717, 1.165) is 0 Å². The number of hydrogen-bond acceptors (Lipinski definition) is 0. The molecule has 15 valence electrons. The summed E-state index contributed by atoms with van der Waals surface area (Å²) in [5.74, 6) is 0. The quantitative estimate of drug-likeness (QED) is 0.469. The first-order valence-corrected chi connectivity index (χ1v) is 0. The summed E-state index contributed by atoms with van der Waals surface area (Å²) in [5, 5.41) is 0. The van der Waals surface area contributed by atoms with Crippen LogP contribution in [-0.2, 0) is 22.3 Å². The Morgan fingerprint density at radius 3 is 0.600 bits per heavy atom. The Bertz CT molecular complexity index is 6.85. The standard InChI is InChI=1S/Co.3In.O/q+2;3*+3;-2. The van der Waals surface area contributed by atoms with Gasteiger partial charge >= 0.3 is 94.3 Å². The summed E-state index contributed by atoms with van der Waals surface area (Å²) >= 11 is 0. The molecule has 0 heterocycles. The van der Waals surface area contributed by atoms with E-state index < -0.39 is 0 Å². The minimum Gasteiger partial charge on any atom is -2.00 e. The van der Waals surface area contributed by atoms with Crippen LogP contribution < -0.4 is 0 Å². The molecule has 0 fully saturated rings. The van der Waals surface area contributed by atoms with Gasteiger partial charge in [0.25, 0.3) is 0 Å². The van der Waals surface area contributed by atoms with Crippen LogP contribution in [0.2, 0.25) is 0 Å². The molecular weight excluding hydrogens is 419 g/mol. The van der Waals surface area contributed by atoms with E-state index in [1.165, 1.54) is 0 Å². The molecule has 0 saturated carbocycles. The Hall–Kier alpha value is 3.08. The Morgan fingerprint density at radius 1 is 0.600 bits per heavy atom. The second kappa shape index (κ2) is 27.6. The third kappa shape index (κ3) is 19.3. The minimum absolute atomic E-state index is 0. The van der Waals surface area contributed by atoms with Crippen molar-refractivity contribution < 1.29 is 22.3 Å². The van der Waals surface area contributed by atoms with E-state index in [1.54, 1.807) is 0 Å². The number of rotatable bonds is 0. The molecule has 0 spiro atoms. The molecule has 5 heavy (non-hydrogen) atoms. The van der Waals surface area contributed by atoms with E-state index in [4.69, 9.17) is 0 Å². The first kappa shape index (κ1) is 42.7. The van der Waals surface area contributed by atoms with Crippen LogP contribution in [0.3, 0.4) is 0 Å². The van der Waals surface area contributed by atoms with E-state index in [0.29, 0.717) is 0 Å². The smallest absolute Gasteiger partial charge is 2.00 e. The van der Waals surface area contributed by atoms with Crippen LogP contribution >= 0.6 is 0 Å². The molecule has 0 atom stereocenters. The van der Waals surface area contributed by atoms with Gasteiger partial charge in [-0.25, -0.2) is 0 Å². The van der Waals surface area contributed by atoms with Crippen molar-refractivity contribution in [2.45, 2.75) is 0 Å². The Kier molecular flexibility index (Phi) is 236. The molecule has 0 N–H and O–H groups in total. The zero-order valence-corrected chi connectivity index (χ0v) is 13.4. The fraction of sp³-hybridized carbons (Fsp3) is 0. The zero-order chi connectivity index (χ0) is 0. The second-order valence-corrected chi connectivity index (χ2v) is 0. The van der Waals surface area contributed by atoms with Crippen LogP contribution in [0.1, 0.15) is 0 Å². The summed E-state index contributed by atoms with van der Waals surface area (Å²) in [6.07, 6.45) is 0. The fourth-order valence-electron chi connectivity index (χ4n) is 0. The third-order valence-electron chi connectivity index (χ3n) is 0. The molecular formula is CoIn3O+9. The molecule has 1 nitrogen and oxygen atoms in total. The average Bonchev–Trinajstić information content (AvgIpc) is 0. The van der Waals surface area contributed by atoms with Crippen molar-refractivity contribution in [3.63, 3.8) is 0 Å². The molecule has 0 aliphatic rings. The van der Waals surface area contributed by atoms with Crippen LogP contribution in [0.5, 0.6) is 0 Å². The van der Waals surface area contributed by atoms with Crippen LogP contribution in [0.25, 0.3) is 0 Å². The first-order valence-electron chi connectivity index (χ1n) is 0. The summed E-state index contributed by atoms with van der Waals surface area (Å²) in [6, 6.07) is 0. The maximum atomic E-state index is 0. The van der Waals surface area contributed by atoms with Crippen LogP contribution in [-0.4, -0.2) is 77.5 Å². The molecule has 0 unspecified atom stereocenters. The molecule has 0 amide bonds. The molecule has 0 bridgehead atoms. The Morgan fingerprint density at radius 2 is 0.600 bits per heavy atom. The van der Waals surface area contributed by atoms with Gasteiger partial charge in [-0.3, -0.25) is 0 Å². The topological polar surface area (TPSA) is 28.5 Å². The normalized spacial score (nSPS) is 0. The van der Waals surface area contributed by atoms with Gasteiger partial charge < -0.3 is 5.48 Å². The Balaban J connectivity index is 0. The van der Waals surface area contributed by atoms with E-state index in [2.05, 4.69) is 0 Å². The molecule has 0 aromatic carbocycles. The largest absolute Gasteiger partial charge is 3.00 e. The Labute approximate surface area is 97.9 Å². The summed E-state index contributed by atoms with van der Waals surface area (Å²) < 4.78 is 0. The molecule has 0 aliphatic carbocycles. The van der Waals surface area contributed by atoms with Gasteiger partial charge in [0.2, 0.25) is 0 Å². The van der Waals surface area contributed by atoms with E-state index in [-0.39, 0.29) is 99.8 Å². The predicted molar refractivity (Wildman–Crippen MR) is 17.9 cm³/mol. The summed E-state index contributed by atoms with van der Waals surface area (Å²) in [4.78, 5) is 0. The van der Waals surface area contributed by atoms with Gasteiger partial charge in [0.05, 0.1) is 0 Å². The van der Waals surface area contributed by atoms with Crippen molar-refractivity contribution in [3.8, 4) is 0 Å². The molecule has 1 radical (unpaired) electrons. The van der Waals surface area contributed by atoms with E-state index in [1.807, 2.05) is 0 Å². The van der Waals surface area contributed by atoms with Gasteiger partial charge in [-0.05, 0) is 0 Å². The van der Waals surface area contributed by atoms with Crippen molar-refractivity contribution in [3.05, 3.63) is 0 Å². The molecule has 0 aromatic heterocycles. The molecule has 0 aliphatic heterocycles. The van der Waals surface area contributed by atoms with Gasteiger partial charge in [0.1, 0.15) is 0 Å². The fourth-order valence-corrected chi connectivity index (χ4v) is 0. The predicted octanol–water partition coefficient (Wildman–Crippen LogP) is -1.26. The van der Waals surface area contributed by atoms with Crippen molar-refractivity contribution in [1.82, 2.24) is 0 Å².